The first-order chi connectivity index (χ1) is 15.4. The number of halogens is 1. The summed E-state index contributed by atoms with van der Waals surface area (Å²) < 4.78 is 32.6. The van der Waals surface area contributed by atoms with Gasteiger partial charge >= 0.3 is 0 Å². The fourth-order valence-corrected chi connectivity index (χ4v) is 5.53. The van der Waals surface area contributed by atoms with Crippen LogP contribution in [0, 0.1) is 5.92 Å². The molecule has 0 aliphatic carbocycles. The Labute approximate surface area is 191 Å². The molecule has 0 radical (unpaired) electrons. The van der Waals surface area contributed by atoms with Crippen molar-refractivity contribution in [1.82, 2.24) is 19.3 Å². The first-order valence-corrected chi connectivity index (χ1v) is 12.1. The van der Waals surface area contributed by atoms with Crippen molar-refractivity contribution in [3.8, 4) is 11.4 Å². The molecule has 32 heavy (non-hydrogen) atoms. The van der Waals surface area contributed by atoms with Gasteiger partial charge in [0.05, 0.1) is 22.4 Å². The average molecular weight is 475 g/mol. The van der Waals surface area contributed by atoms with Gasteiger partial charge in [0.15, 0.2) is 0 Å². The molecule has 0 saturated carbocycles. The quantitative estimate of drug-likeness (QED) is 0.542. The summed E-state index contributed by atoms with van der Waals surface area (Å²) >= 11 is 6.18. The van der Waals surface area contributed by atoms with Crippen LogP contribution < -0.4 is 0 Å². The van der Waals surface area contributed by atoms with Gasteiger partial charge in [-0.1, -0.05) is 47.1 Å². The molecule has 3 aromatic rings. The Bertz CT molecular complexity index is 1200. The minimum absolute atomic E-state index is 0.123. The van der Waals surface area contributed by atoms with Gasteiger partial charge in [0.2, 0.25) is 27.6 Å². The molecular formula is C22H23ClN4O4S. The third-order valence-electron chi connectivity index (χ3n) is 5.45. The number of hydrogen-bond donors (Lipinski definition) is 0. The smallest absolute Gasteiger partial charge is 0.246 e. The third-order valence-corrected chi connectivity index (χ3v) is 7.65. The van der Waals surface area contributed by atoms with Crippen LogP contribution in [0.4, 0.5) is 0 Å². The molecule has 0 spiro atoms. The number of benzene rings is 2. The minimum Gasteiger partial charge on any atom is -0.337 e. The zero-order valence-corrected chi connectivity index (χ0v) is 19.1. The van der Waals surface area contributed by atoms with Crippen molar-refractivity contribution < 1.29 is 17.7 Å². The topological polar surface area (TPSA) is 96.6 Å². The van der Waals surface area contributed by atoms with E-state index in [9.17, 15) is 13.2 Å². The van der Waals surface area contributed by atoms with E-state index < -0.39 is 15.9 Å². The molecule has 1 aliphatic rings. The molecule has 1 atom stereocenters. The van der Waals surface area contributed by atoms with Gasteiger partial charge in [-0.3, -0.25) is 4.79 Å². The normalized spacial score (nSPS) is 17.2. The Morgan fingerprint density at radius 2 is 1.91 bits per heavy atom. The molecule has 4 rings (SSSR count). The molecule has 1 fully saturated rings. The van der Waals surface area contributed by atoms with Crippen LogP contribution in [0.5, 0.6) is 0 Å². The highest BCUT2D eigenvalue weighted by Gasteiger charge is 2.34. The summed E-state index contributed by atoms with van der Waals surface area (Å²) in [6, 6.07) is 15.4. The van der Waals surface area contributed by atoms with E-state index in [0.29, 0.717) is 35.8 Å². The molecule has 8 nitrogen and oxygen atoms in total. The number of hydrogen-bond acceptors (Lipinski definition) is 6. The van der Waals surface area contributed by atoms with Crippen LogP contribution in [-0.2, 0) is 21.4 Å². The van der Waals surface area contributed by atoms with Crippen molar-refractivity contribution in [2.24, 2.45) is 5.92 Å². The van der Waals surface area contributed by atoms with Crippen LogP contribution in [0.1, 0.15) is 18.7 Å². The summed E-state index contributed by atoms with van der Waals surface area (Å²) in [5.74, 6) is 0.0400. The van der Waals surface area contributed by atoms with Crippen molar-refractivity contribution in [1.29, 1.82) is 0 Å². The fourth-order valence-electron chi connectivity index (χ4n) is 3.77. The summed E-state index contributed by atoms with van der Waals surface area (Å²) in [5.41, 5.74) is 0.646. The zero-order chi connectivity index (χ0) is 22.7. The number of nitrogens with zero attached hydrogens (tertiary/aromatic N) is 4. The van der Waals surface area contributed by atoms with Crippen LogP contribution in [-0.4, -0.2) is 53.8 Å². The maximum atomic E-state index is 13.0. The van der Waals surface area contributed by atoms with E-state index in [1.807, 2.05) is 12.1 Å². The summed E-state index contributed by atoms with van der Waals surface area (Å²) in [5, 5.41) is 4.46. The molecule has 1 aliphatic heterocycles. The summed E-state index contributed by atoms with van der Waals surface area (Å²) in [6.45, 7) is 0.670. The second-order valence-corrected chi connectivity index (χ2v) is 10.0. The van der Waals surface area contributed by atoms with Gasteiger partial charge in [0.25, 0.3) is 0 Å². The summed E-state index contributed by atoms with van der Waals surface area (Å²) in [6.07, 6.45) is 1.24. The molecule has 1 aromatic heterocycles. The third kappa shape index (κ3) is 4.69. The number of rotatable bonds is 6. The predicted molar refractivity (Wildman–Crippen MR) is 119 cm³/mol. The van der Waals surface area contributed by atoms with Crippen LogP contribution in [0.2, 0.25) is 5.02 Å². The van der Waals surface area contributed by atoms with Crippen LogP contribution in [0.3, 0.4) is 0 Å². The Kier molecular flexibility index (Phi) is 6.59. The maximum Gasteiger partial charge on any atom is 0.246 e. The molecule has 2 heterocycles. The molecule has 10 heteroatoms. The molecule has 0 N–H and O–H groups in total. The Morgan fingerprint density at radius 3 is 2.66 bits per heavy atom. The van der Waals surface area contributed by atoms with Crippen molar-refractivity contribution in [3.63, 3.8) is 0 Å². The van der Waals surface area contributed by atoms with E-state index in [1.54, 1.807) is 49.5 Å². The van der Waals surface area contributed by atoms with E-state index in [1.165, 1.54) is 9.21 Å². The monoisotopic (exact) mass is 474 g/mol. The fraction of sp³-hybridized carbons (Fsp3) is 0.318. The summed E-state index contributed by atoms with van der Waals surface area (Å²) in [4.78, 5) is 19.1. The van der Waals surface area contributed by atoms with Crippen molar-refractivity contribution in [2.45, 2.75) is 24.3 Å². The number of carbonyl (C=O) groups excluding carboxylic acids is 1. The van der Waals surface area contributed by atoms with Gasteiger partial charge in [0, 0.05) is 25.7 Å². The number of aromatic nitrogens is 2. The second-order valence-electron chi connectivity index (χ2n) is 7.70. The Hall–Kier alpha value is -2.75. The van der Waals surface area contributed by atoms with E-state index in [4.69, 9.17) is 16.1 Å². The lowest BCUT2D eigenvalue weighted by Crippen LogP contribution is -2.45. The van der Waals surface area contributed by atoms with Crippen LogP contribution in [0.25, 0.3) is 11.4 Å². The standard InChI is InChI=1S/C22H23ClN4O4S/c1-26(15-20-24-21(25-31-20)18-11-5-6-12-19(18)23)22(28)16-8-7-13-27(14-16)32(29,30)17-9-3-2-4-10-17/h2-6,9-12,16H,7-8,13-15H2,1H3. The van der Waals surface area contributed by atoms with E-state index >= 15 is 0 Å². The lowest BCUT2D eigenvalue weighted by atomic mass is 9.98. The molecule has 0 bridgehead atoms. The zero-order valence-electron chi connectivity index (χ0n) is 17.5. The highest BCUT2D eigenvalue weighted by molar-refractivity contribution is 7.89. The lowest BCUT2D eigenvalue weighted by molar-refractivity contribution is -0.136. The summed E-state index contributed by atoms with van der Waals surface area (Å²) in [7, 11) is -1.99. The van der Waals surface area contributed by atoms with Crippen molar-refractivity contribution in [3.05, 3.63) is 65.5 Å². The Morgan fingerprint density at radius 1 is 1.19 bits per heavy atom. The SMILES string of the molecule is CN(Cc1nc(-c2ccccc2Cl)no1)C(=O)C1CCCN(S(=O)(=O)c2ccccc2)C1. The van der Waals surface area contributed by atoms with Gasteiger partial charge in [0.1, 0.15) is 0 Å². The molecule has 168 valence electrons. The predicted octanol–water partition coefficient (Wildman–Crippen LogP) is 3.45. The van der Waals surface area contributed by atoms with E-state index in [0.717, 1.165) is 0 Å². The average Bonchev–Trinajstić information content (AvgIpc) is 3.27. The molecule has 1 unspecified atom stereocenters. The maximum absolute atomic E-state index is 13.0. The van der Waals surface area contributed by atoms with Gasteiger partial charge < -0.3 is 9.42 Å². The van der Waals surface area contributed by atoms with Crippen LogP contribution in [0.15, 0.2) is 64.0 Å². The molecular weight excluding hydrogens is 452 g/mol. The minimum atomic E-state index is -3.64. The van der Waals surface area contributed by atoms with Gasteiger partial charge in [-0.05, 0) is 37.1 Å². The number of amides is 1. The highest BCUT2D eigenvalue weighted by Crippen LogP contribution is 2.27. The molecule has 1 saturated heterocycles. The van der Waals surface area contributed by atoms with E-state index in [2.05, 4.69) is 10.1 Å². The Balaban J connectivity index is 1.42. The number of piperidine rings is 1. The van der Waals surface area contributed by atoms with Crippen LogP contribution >= 0.6 is 11.6 Å². The highest BCUT2D eigenvalue weighted by atomic mass is 35.5. The first-order valence-electron chi connectivity index (χ1n) is 10.2. The van der Waals surface area contributed by atoms with Crippen molar-refractivity contribution >= 4 is 27.5 Å². The first kappa shape index (κ1) is 22.4. The van der Waals surface area contributed by atoms with Gasteiger partial charge in [-0.2, -0.15) is 9.29 Å². The number of sulfonamides is 1. The largest absolute Gasteiger partial charge is 0.337 e. The number of carbonyl (C=O) groups is 1. The molecule has 1 amide bonds. The van der Waals surface area contributed by atoms with Gasteiger partial charge in [-0.15, -0.1) is 0 Å². The van der Waals surface area contributed by atoms with Crippen molar-refractivity contribution in [2.75, 3.05) is 20.1 Å². The second kappa shape index (κ2) is 9.40. The lowest BCUT2D eigenvalue weighted by Gasteiger charge is -2.33. The van der Waals surface area contributed by atoms with E-state index in [-0.39, 0.29) is 29.8 Å². The molecule has 2 aromatic carbocycles. The van der Waals surface area contributed by atoms with Gasteiger partial charge in [-0.25, -0.2) is 8.42 Å².